The van der Waals surface area contributed by atoms with Gasteiger partial charge in [0.1, 0.15) is 5.82 Å². The first-order valence-corrected chi connectivity index (χ1v) is 9.00. The number of hydrogen-bond donors (Lipinski definition) is 0. The number of thioether (sulfide) groups is 1. The molecule has 26 heavy (non-hydrogen) atoms. The standard InChI is InChI=1S/C19H17FN2O3S/c1-25-17(23)10-11-26-19-21-16-5-3-2-4-15(16)18(24)22(19)12-13-6-8-14(20)9-7-13/h2-9H,10-12H2,1H3. The monoisotopic (exact) mass is 372 g/mol. The number of hydrogen-bond acceptors (Lipinski definition) is 5. The molecule has 0 saturated heterocycles. The van der Waals surface area contributed by atoms with Crippen molar-refractivity contribution in [3.8, 4) is 0 Å². The van der Waals surface area contributed by atoms with E-state index in [2.05, 4.69) is 9.72 Å². The molecule has 0 N–H and O–H groups in total. The summed E-state index contributed by atoms with van der Waals surface area (Å²) in [5.41, 5.74) is 1.23. The van der Waals surface area contributed by atoms with Gasteiger partial charge in [0, 0.05) is 5.75 Å². The molecule has 3 rings (SSSR count). The van der Waals surface area contributed by atoms with Crippen molar-refractivity contribution in [3.63, 3.8) is 0 Å². The van der Waals surface area contributed by atoms with Crippen molar-refractivity contribution in [1.82, 2.24) is 9.55 Å². The Morgan fingerprint density at radius 2 is 1.92 bits per heavy atom. The molecule has 0 fully saturated rings. The van der Waals surface area contributed by atoms with Gasteiger partial charge in [0.2, 0.25) is 0 Å². The van der Waals surface area contributed by atoms with Crippen LogP contribution in [0.25, 0.3) is 10.9 Å². The van der Waals surface area contributed by atoms with Gasteiger partial charge in [-0.15, -0.1) is 0 Å². The van der Waals surface area contributed by atoms with Crippen molar-refractivity contribution in [2.24, 2.45) is 0 Å². The molecule has 1 heterocycles. The lowest BCUT2D eigenvalue weighted by atomic mass is 10.2. The summed E-state index contributed by atoms with van der Waals surface area (Å²) >= 11 is 1.32. The second-order valence-electron chi connectivity index (χ2n) is 5.60. The Kier molecular flexibility index (Phi) is 5.68. The Hall–Kier alpha value is -2.67. The molecule has 3 aromatic rings. The number of halogens is 1. The summed E-state index contributed by atoms with van der Waals surface area (Å²) in [6, 6.07) is 13.1. The molecule has 0 aliphatic heterocycles. The summed E-state index contributed by atoms with van der Waals surface area (Å²) in [7, 11) is 1.34. The van der Waals surface area contributed by atoms with E-state index in [1.165, 1.54) is 31.0 Å². The number of benzene rings is 2. The van der Waals surface area contributed by atoms with E-state index in [1.54, 1.807) is 34.9 Å². The third kappa shape index (κ3) is 4.11. The van der Waals surface area contributed by atoms with Crippen LogP contribution in [0.2, 0.25) is 0 Å². The number of carbonyl (C=O) groups is 1. The number of nitrogens with zero attached hydrogens (tertiary/aromatic N) is 2. The second-order valence-corrected chi connectivity index (χ2v) is 6.67. The summed E-state index contributed by atoms with van der Waals surface area (Å²) in [6.07, 6.45) is 0.223. The van der Waals surface area contributed by atoms with Crippen molar-refractivity contribution in [2.45, 2.75) is 18.1 Å². The Bertz CT molecular complexity index is 986. The van der Waals surface area contributed by atoms with Crippen molar-refractivity contribution in [2.75, 3.05) is 12.9 Å². The SMILES string of the molecule is COC(=O)CCSc1nc2ccccc2c(=O)n1Cc1ccc(F)cc1. The van der Waals surface area contributed by atoms with Crippen LogP contribution in [0.4, 0.5) is 4.39 Å². The van der Waals surface area contributed by atoms with Gasteiger partial charge in [0.25, 0.3) is 5.56 Å². The first kappa shape index (κ1) is 18.1. The van der Waals surface area contributed by atoms with Crippen LogP contribution in [0.5, 0.6) is 0 Å². The number of aromatic nitrogens is 2. The number of methoxy groups -OCH3 is 1. The van der Waals surface area contributed by atoms with Crippen LogP contribution in [-0.4, -0.2) is 28.4 Å². The summed E-state index contributed by atoms with van der Waals surface area (Å²) in [5.74, 6) is -0.197. The van der Waals surface area contributed by atoms with E-state index in [4.69, 9.17) is 0 Å². The van der Waals surface area contributed by atoms with E-state index in [0.717, 1.165) is 5.56 Å². The van der Waals surface area contributed by atoms with Gasteiger partial charge in [0.05, 0.1) is 31.0 Å². The molecule has 1 aromatic heterocycles. The number of fused-ring (bicyclic) bond motifs is 1. The number of carbonyl (C=O) groups excluding carboxylic acids is 1. The number of rotatable bonds is 6. The molecule has 0 bridgehead atoms. The maximum Gasteiger partial charge on any atom is 0.306 e. The van der Waals surface area contributed by atoms with Gasteiger partial charge in [-0.1, -0.05) is 36.0 Å². The topological polar surface area (TPSA) is 61.2 Å². The van der Waals surface area contributed by atoms with Gasteiger partial charge < -0.3 is 4.74 Å². The predicted molar refractivity (Wildman–Crippen MR) is 98.9 cm³/mol. The molecule has 5 nitrogen and oxygen atoms in total. The molecule has 0 spiro atoms. The Labute approximate surface area is 153 Å². The third-order valence-corrected chi connectivity index (χ3v) is 4.82. The molecule has 134 valence electrons. The van der Waals surface area contributed by atoms with Crippen molar-refractivity contribution < 1.29 is 13.9 Å². The molecule has 0 radical (unpaired) electrons. The normalized spacial score (nSPS) is 10.8. The third-order valence-electron chi connectivity index (χ3n) is 3.85. The first-order chi connectivity index (χ1) is 12.6. The molecule has 0 saturated carbocycles. The second kappa shape index (κ2) is 8.14. The molecular formula is C19H17FN2O3S. The van der Waals surface area contributed by atoms with Crippen molar-refractivity contribution >= 4 is 28.6 Å². The van der Waals surface area contributed by atoms with Gasteiger partial charge in [-0.05, 0) is 29.8 Å². The average molecular weight is 372 g/mol. The lowest BCUT2D eigenvalue weighted by molar-refractivity contribution is -0.140. The van der Waals surface area contributed by atoms with Gasteiger partial charge >= 0.3 is 5.97 Å². The van der Waals surface area contributed by atoms with Crippen LogP contribution in [0.3, 0.4) is 0 Å². The maximum absolute atomic E-state index is 13.1. The predicted octanol–water partition coefficient (Wildman–Crippen LogP) is 3.24. The number of ether oxygens (including phenoxy) is 1. The molecule has 0 aliphatic carbocycles. The van der Waals surface area contributed by atoms with Gasteiger partial charge in [-0.2, -0.15) is 0 Å². The lowest BCUT2D eigenvalue weighted by Gasteiger charge is -2.13. The fraction of sp³-hybridized carbons (Fsp3) is 0.211. The van der Waals surface area contributed by atoms with Crippen molar-refractivity contribution in [1.29, 1.82) is 0 Å². The van der Waals surface area contributed by atoms with E-state index in [-0.39, 0.29) is 30.3 Å². The summed E-state index contributed by atoms with van der Waals surface area (Å²) in [5, 5.41) is 1.04. The van der Waals surface area contributed by atoms with E-state index in [0.29, 0.717) is 21.8 Å². The van der Waals surface area contributed by atoms with Crippen LogP contribution in [0, 0.1) is 5.82 Å². The molecule has 7 heteroatoms. The highest BCUT2D eigenvalue weighted by Gasteiger charge is 2.13. The van der Waals surface area contributed by atoms with E-state index >= 15 is 0 Å². The van der Waals surface area contributed by atoms with Gasteiger partial charge in [-0.3, -0.25) is 14.2 Å². The minimum atomic E-state index is -0.328. The van der Waals surface area contributed by atoms with Crippen LogP contribution in [0.1, 0.15) is 12.0 Å². The van der Waals surface area contributed by atoms with E-state index in [1.807, 2.05) is 6.07 Å². The Morgan fingerprint density at radius 3 is 2.65 bits per heavy atom. The smallest absolute Gasteiger partial charge is 0.306 e. The zero-order valence-corrected chi connectivity index (χ0v) is 15.0. The van der Waals surface area contributed by atoms with E-state index < -0.39 is 0 Å². The van der Waals surface area contributed by atoms with Crippen LogP contribution in [0.15, 0.2) is 58.5 Å². The van der Waals surface area contributed by atoms with Crippen LogP contribution < -0.4 is 5.56 Å². The highest BCUT2D eigenvalue weighted by atomic mass is 32.2. The largest absolute Gasteiger partial charge is 0.469 e. The minimum Gasteiger partial charge on any atom is -0.469 e. The van der Waals surface area contributed by atoms with Crippen LogP contribution in [-0.2, 0) is 16.1 Å². The Balaban J connectivity index is 1.98. The quantitative estimate of drug-likeness (QED) is 0.378. The fourth-order valence-electron chi connectivity index (χ4n) is 2.50. The lowest BCUT2D eigenvalue weighted by Crippen LogP contribution is -2.24. The number of esters is 1. The summed E-state index contributed by atoms with van der Waals surface area (Å²) in [6.45, 7) is 0.275. The molecule has 0 atom stereocenters. The molecular weight excluding hydrogens is 355 g/mol. The minimum absolute atomic E-state index is 0.166. The highest BCUT2D eigenvalue weighted by Crippen LogP contribution is 2.20. The zero-order valence-electron chi connectivity index (χ0n) is 14.1. The van der Waals surface area contributed by atoms with E-state index in [9.17, 15) is 14.0 Å². The van der Waals surface area contributed by atoms with Crippen LogP contribution >= 0.6 is 11.8 Å². The number of para-hydroxylation sites is 1. The summed E-state index contributed by atoms with van der Waals surface area (Å²) in [4.78, 5) is 28.8. The summed E-state index contributed by atoms with van der Waals surface area (Å²) < 4.78 is 19.3. The molecule has 2 aromatic carbocycles. The maximum atomic E-state index is 13.1. The highest BCUT2D eigenvalue weighted by molar-refractivity contribution is 7.99. The first-order valence-electron chi connectivity index (χ1n) is 8.02. The molecule has 0 unspecified atom stereocenters. The average Bonchev–Trinajstić information content (AvgIpc) is 2.66. The molecule has 0 aliphatic rings. The molecule has 0 amide bonds. The fourth-order valence-corrected chi connectivity index (χ4v) is 3.41. The van der Waals surface area contributed by atoms with Gasteiger partial charge in [0.15, 0.2) is 5.16 Å². The Morgan fingerprint density at radius 1 is 1.19 bits per heavy atom. The van der Waals surface area contributed by atoms with Gasteiger partial charge in [-0.25, -0.2) is 9.37 Å². The van der Waals surface area contributed by atoms with Crippen molar-refractivity contribution in [3.05, 3.63) is 70.3 Å². The zero-order chi connectivity index (χ0) is 18.5.